The first-order valence-electron chi connectivity index (χ1n) is 7.03. The molecule has 3 heterocycles. The topological polar surface area (TPSA) is 51.2 Å². The number of thiazole rings is 1. The summed E-state index contributed by atoms with van der Waals surface area (Å²) in [6.07, 6.45) is 1.60. The van der Waals surface area contributed by atoms with E-state index in [4.69, 9.17) is 4.74 Å². The first-order chi connectivity index (χ1) is 10.2. The van der Waals surface area contributed by atoms with Crippen molar-refractivity contribution in [3.8, 4) is 0 Å². The molecule has 1 amide bonds. The van der Waals surface area contributed by atoms with E-state index in [1.807, 2.05) is 12.3 Å². The second-order valence-electron chi connectivity index (χ2n) is 5.28. The van der Waals surface area contributed by atoms with Crippen molar-refractivity contribution >= 4 is 28.6 Å². The van der Waals surface area contributed by atoms with Crippen molar-refractivity contribution < 1.29 is 9.53 Å². The van der Waals surface area contributed by atoms with E-state index >= 15 is 0 Å². The highest BCUT2D eigenvalue weighted by atomic mass is 32.1. The summed E-state index contributed by atoms with van der Waals surface area (Å²) in [6, 6.07) is 2.05. The van der Waals surface area contributed by atoms with Crippen molar-refractivity contribution in [3.05, 3.63) is 38.5 Å². The first-order valence-corrected chi connectivity index (χ1v) is 8.86. The van der Waals surface area contributed by atoms with Crippen LogP contribution in [0.5, 0.6) is 0 Å². The monoisotopic (exact) mass is 322 g/mol. The molecule has 2 unspecified atom stereocenters. The summed E-state index contributed by atoms with van der Waals surface area (Å²) in [6.45, 7) is 3.20. The molecular weight excluding hydrogens is 304 g/mol. The van der Waals surface area contributed by atoms with Gasteiger partial charge in [0.15, 0.2) is 0 Å². The predicted molar refractivity (Wildman–Crippen MR) is 84.7 cm³/mol. The molecule has 112 valence electrons. The Morgan fingerprint density at radius 1 is 1.57 bits per heavy atom. The van der Waals surface area contributed by atoms with Gasteiger partial charge in [0.2, 0.25) is 5.91 Å². The molecule has 0 aliphatic carbocycles. The molecule has 3 rings (SSSR count). The average molecular weight is 322 g/mol. The summed E-state index contributed by atoms with van der Waals surface area (Å²) in [5.41, 5.74) is 2.24. The van der Waals surface area contributed by atoms with Crippen LogP contribution in [-0.4, -0.2) is 24.1 Å². The molecule has 1 fully saturated rings. The molecular formula is C15H18N2O2S2. The highest BCUT2D eigenvalue weighted by Gasteiger charge is 2.27. The molecule has 21 heavy (non-hydrogen) atoms. The molecule has 1 aliphatic heterocycles. The van der Waals surface area contributed by atoms with Crippen LogP contribution in [-0.2, 0) is 16.0 Å². The van der Waals surface area contributed by atoms with E-state index in [1.54, 1.807) is 22.7 Å². The molecule has 0 bridgehead atoms. The third-order valence-corrected chi connectivity index (χ3v) is 5.38. The Bertz CT molecular complexity index is 589. The van der Waals surface area contributed by atoms with Crippen LogP contribution < -0.4 is 5.32 Å². The fraction of sp³-hybridized carbons (Fsp3) is 0.467. The smallest absolute Gasteiger partial charge is 0.226 e. The van der Waals surface area contributed by atoms with Gasteiger partial charge in [-0.15, -0.1) is 11.3 Å². The van der Waals surface area contributed by atoms with Gasteiger partial charge in [0.05, 0.1) is 18.6 Å². The fourth-order valence-electron chi connectivity index (χ4n) is 2.41. The van der Waals surface area contributed by atoms with Crippen LogP contribution in [0.15, 0.2) is 22.2 Å². The Balaban J connectivity index is 1.73. The number of carbonyl (C=O) groups excluding carboxylic acids is 1. The van der Waals surface area contributed by atoms with Crippen molar-refractivity contribution in [2.45, 2.75) is 25.8 Å². The zero-order valence-corrected chi connectivity index (χ0v) is 13.5. The Kier molecular flexibility index (Phi) is 4.67. The van der Waals surface area contributed by atoms with E-state index in [9.17, 15) is 4.79 Å². The lowest BCUT2D eigenvalue weighted by atomic mass is 10.1. The van der Waals surface area contributed by atoms with E-state index in [1.165, 1.54) is 5.56 Å². The maximum Gasteiger partial charge on any atom is 0.226 e. The quantitative estimate of drug-likeness (QED) is 0.921. The summed E-state index contributed by atoms with van der Waals surface area (Å²) < 4.78 is 5.30. The molecule has 0 aromatic carbocycles. The largest absolute Gasteiger partial charge is 0.381 e. The van der Waals surface area contributed by atoms with Gasteiger partial charge in [0, 0.05) is 24.1 Å². The second-order valence-corrected chi connectivity index (χ2v) is 6.95. The number of carbonyl (C=O) groups is 1. The van der Waals surface area contributed by atoms with Crippen LogP contribution in [0.1, 0.15) is 28.7 Å². The van der Waals surface area contributed by atoms with Gasteiger partial charge < -0.3 is 10.1 Å². The highest BCUT2D eigenvalue weighted by molar-refractivity contribution is 7.09. The minimum Gasteiger partial charge on any atom is -0.381 e. The molecule has 0 radical (unpaired) electrons. The third-order valence-electron chi connectivity index (χ3n) is 3.57. The molecule has 2 aromatic rings. The third kappa shape index (κ3) is 3.70. The normalized spacial score (nSPS) is 19.6. The Labute approximate surface area is 132 Å². The minimum absolute atomic E-state index is 0.0176. The van der Waals surface area contributed by atoms with Crippen molar-refractivity contribution in [1.82, 2.24) is 10.3 Å². The summed E-state index contributed by atoms with van der Waals surface area (Å²) in [5, 5.41) is 10.4. The summed E-state index contributed by atoms with van der Waals surface area (Å²) >= 11 is 3.29. The maximum atomic E-state index is 12.4. The molecule has 1 aliphatic rings. The molecule has 2 aromatic heterocycles. The Morgan fingerprint density at radius 2 is 2.48 bits per heavy atom. The number of rotatable bonds is 5. The van der Waals surface area contributed by atoms with E-state index in [0.29, 0.717) is 13.2 Å². The van der Waals surface area contributed by atoms with E-state index in [-0.39, 0.29) is 17.9 Å². The number of thiophene rings is 1. The Hall–Kier alpha value is -1.24. The number of nitrogens with one attached hydrogen (secondary N) is 1. The zero-order valence-electron chi connectivity index (χ0n) is 11.9. The van der Waals surface area contributed by atoms with Crippen molar-refractivity contribution in [2.75, 3.05) is 13.2 Å². The van der Waals surface area contributed by atoms with Crippen LogP contribution in [0.3, 0.4) is 0 Å². The minimum atomic E-state index is -0.0496. The van der Waals surface area contributed by atoms with Crippen molar-refractivity contribution in [3.63, 3.8) is 0 Å². The van der Waals surface area contributed by atoms with Gasteiger partial charge in [-0.1, -0.05) is 0 Å². The van der Waals surface area contributed by atoms with Gasteiger partial charge in [0.25, 0.3) is 0 Å². The molecule has 1 N–H and O–H groups in total. The maximum absolute atomic E-state index is 12.4. The number of hydrogen-bond acceptors (Lipinski definition) is 5. The lowest BCUT2D eigenvalue weighted by Gasteiger charge is -2.18. The zero-order chi connectivity index (χ0) is 14.7. The standard InChI is InChI=1S/C15H18N2O2S2/c1-10-8-21-15(16-10)13(6-11-3-5-20-9-11)17-14(18)12-2-4-19-7-12/h3,5,8-9,12-13H,2,4,6-7H2,1H3,(H,17,18). The highest BCUT2D eigenvalue weighted by Crippen LogP contribution is 2.24. The first kappa shape index (κ1) is 14.7. The lowest BCUT2D eigenvalue weighted by Crippen LogP contribution is -2.35. The fourth-order valence-corrected chi connectivity index (χ4v) is 3.94. The average Bonchev–Trinajstić information content (AvgIpc) is 3.20. The molecule has 0 saturated carbocycles. The summed E-state index contributed by atoms with van der Waals surface area (Å²) in [5.74, 6) is 0.0663. The van der Waals surface area contributed by atoms with E-state index in [2.05, 4.69) is 27.1 Å². The SMILES string of the molecule is Cc1csc(C(Cc2ccsc2)NC(=O)C2CCOC2)n1. The molecule has 6 heteroatoms. The van der Waals surface area contributed by atoms with Gasteiger partial charge >= 0.3 is 0 Å². The number of aromatic nitrogens is 1. The summed E-state index contributed by atoms with van der Waals surface area (Å²) in [7, 11) is 0. The van der Waals surface area contributed by atoms with E-state index in [0.717, 1.165) is 23.5 Å². The molecule has 0 spiro atoms. The Morgan fingerprint density at radius 3 is 3.10 bits per heavy atom. The van der Waals surface area contributed by atoms with Crippen molar-refractivity contribution in [2.24, 2.45) is 5.92 Å². The van der Waals surface area contributed by atoms with E-state index < -0.39 is 0 Å². The second kappa shape index (κ2) is 6.68. The molecule has 4 nitrogen and oxygen atoms in total. The number of nitrogens with zero attached hydrogens (tertiary/aromatic N) is 1. The van der Waals surface area contributed by atoms with Gasteiger partial charge in [-0.05, 0) is 35.7 Å². The predicted octanol–water partition coefficient (Wildman–Crippen LogP) is 2.95. The van der Waals surface area contributed by atoms with Crippen LogP contribution in [0.2, 0.25) is 0 Å². The van der Waals surface area contributed by atoms with Gasteiger partial charge in [-0.2, -0.15) is 11.3 Å². The van der Waals surface area contributed by atoms with Gasteiger partial charge in [-0.3, -0.25) is 4.79 Å². The van der Waals surface area contributed by atoms with Gasteiger partial charge in [0.1, 0.15) is 5.01 Å². The number of aryl methyl sites for hydroxylation is 1. The molecule has 1 saturated heterocycles. The van der Waals surface area contributed by atoms with Crippen LogP contribution in [0.4, 0.5) is 0 Å². The van der Waals surface area contributed by atoms with Crippen LogP contribution in [0, 0.1) is 12.8 Å². The number of ether oxygens (including phenoxy) is 1. The summed E-state index contributed by atoms with van der Waals surface area (Å²) in [4.78, 5) is 16.9. The van der Waals surface area contributed by atoms with Crippen LogP contribution >= 0.6 is 22.7 Å². The number of hydrogen-bond donors (Lipinski definition) is 1. The molecule has 2 atom stereocenters. The van der Waals surface area contributed by atoms with Gasteiger partial charge in [-0.25, -0.2) is 4.98 Å². The lowest BCUT2D eigenvalue weighted by molar-refractivity contribution is -0.125. The number of amides is 1. The van der Waals surface area contributed by atoms with Crippen molar-refractivity contribution in [1.29, 1.82) is 0 Å². The van der Waals surface area contributed by atoms with Crippen LogP contribution in [0.25, 0.3) is 0 Å².